The summed E-state index contributed by atoms with van der Waals surface area (Å²) in [6, 6.07) is 7.92. The molecule has 0 saturated heterocycles. The molecule has 1 aromatic carbocycles. The molecule has 0 bridgehead atoms. The van der Waals surface area contributed by atoms with E-state index >= 15 is 0 Å². The molecule has 3 heteroatoms. The molecule has 1 unspecified atom stereocenters. The number of benzene rings is 1. The average Bonchev–Trinajstić information content (AvgIpc) is 2.42. The Hall–Kier alpha value is -1.64. The molecule has 0 radical (unpaired) electrons. The average molecular weight is 260 g/mol. The van der Waals surface area contributed by atoms with Crippen LogP contribution < -0.4 is 0 Å². The molecule has 1 N–H and O–H groups in total. The van der Waals surface area contributed by atoms with E-state index in [0.29, 0.717) is 19.3 Å². The molecule has 1 aromatic rings. The highest BCUT2D eigenvalue weighted by molar-refractivity contribution is 6.03. The standard InChI is InChI=1S/C16H20O3/c1-2-12-6-8-13(9-7-12)11-16(15(18)19)10-4-3-5-14(16)17/h6-9H,2-5,10-11H2,1H3,(H,18,19). The van der Waals surface area contributed by atoms with Crippen LogP contribution in [0.4, 0.5) is 0 Å². The largest absolute Gasteiger partial charge is 0.480 e. The number of carboxylic acids is 1. The maximum atomic E-state index is 12.1. The second kappa shape index (κ2) is 5.55. The number of aryl methyl sites for hydroxylation is 1. The lowest BCUT2D eigenvalue weighted by molar-refractivity contribution is -0.157. The van der Waals surface area contributed by atoms with Crippen LogP contribution in [0.5, 0.6) is 0 Å². The van der Waals surface area contributed by atoms with Crippen LogP contribution in [0.15, 0.2) is 24.3 Å². The summed E-state index contributed by atoms with van der Waals surface area (Å²) < 4.78 is 0. The molecule has 102 valence electrons. The lowest BCUT2D eigenvalue weighted by Gasteiger charge is -2.31. The molecule has 1 saturated carbocycles. The van der Waals surface area contributed by atoms with Gasteiger partial charge >= 0.3 is 5.97 Å². The maximum Gasteiger partial charge on any atom is 0.317 e. The normalized spacial score (nSPS) is 23.3. The van der Waals surface area contributed by atoms with Crippen molar-refractivity contribution in [2.75, 3.05) is 0 Å². The number of ketones is 1. The van der Waals surface area contributed by atoms with Crippen LogP contribution in [0.1, 0.15) is 43.7 Å². The molecule has 19 heavy (non-hydrogen) atoms. The van der Waals surface area contributed by atoms with E-state index < -0.39 is 11.4 Å². The molecule has 0 heterocycles. The highest BCUT2D eigenvalue weighted by Crippen LogP contribution is 2.37. The molecule has 1 atom stereocenters. The predicted molar refractivity (Wildman–Crippen MR) is 73.1 cm³/mol. The van der Waals surface area contributed by atoms with E-state index in [1.165, 1.54) is 5.56 Å². The van der Waals surface area contributed by atoms with Crippen molar-refractivity contribution in [2.45, 2.75) is 45.4 Å². The van der Waals surface area contributed by atoms with Gasteiger partial charge in [0.05, 0.1) is 0 Å². The summed E-state index contributed by atoms with van der Waals surface area (Å²) >= 11 is 0. The van der Waals surface area contributed by atoms with E-state index in [9.17, 15) is 14.7 Å². The van der Waals surface area contributed by atoms with Crippen molar-refractivity contribution in [2.24, 2.45) is 5.41 Å². The van der Waals surface area contributed by atoms with Crippen molar-refractivity contribution < 1.29 is 14.7 Å². The third-order valence-corrected chi connectivity index (χ3v) is 4.14. The van der Waals surface area contributed by atoms with Crippen LogP contribution >= 0.6 is 0 Å². The Morgan fingerprint density at radius 1 is 1.21 bits per heavy atom. The summed E-state index contributed by atoms with van der Waals surface area (Å²) in [4.78, 5) is 23.7. The van der Waals surface area contributed by atoms with E-state index in [1.54, 1.807) is 0 Å². The SMILES string of the molecule is CCc1ccc(CC2(C(=O)O)CCCCC2=O)cc1. The first kappa shape index (κ1) is 13.8. The quantitative estimate of drug-likeness (QED) is 0.847. The van der Waals surface area contributed by atoms with E-state index in [2.05, 4.69) is 6.92 Å². The molecular weight excluding hydrogens is 240 g/mol. The number of carbonyl (C=O) groups excluding carboxylic acids is 1. The monoisotopic (exact) mass is 260 g/mol. The Morgan fingerprint density at radius 3 is 2.37 bits per heavy atom. The number of aliphatic carboxylic acids is 1. The van der Waals surface area contributed by atoms with Gasteiger partial charge in [-0.25, -0.2) is 0 Å². The van der Waals surface area contributed by atoms with Gasteiger partial charge in [-0.2, -0.15) is 0 Å². The first-order chi connectivity index (χ1) is 9.08. The number of hydrogen-bond acceptors (Lipinski definition) is 2. The molecule has 3 nitrogen and oxygen atoms in total. The molecule has 1 fully saturated rings. The Kier molecular flexibility index (Phi) is 4.03. The number of carboxylic acid groups (broad SMARTS) is 1. The van der Waals surface area contributed by atoms with Gasteiger partial charge in [0.15, 0.2) is 5.78 Å². The number of carbonyl (C=O) groups is 2. The van der Waals surface area contributed by atoms with Gasteiger partial charge in [-0.05, 0) is 36.8 Å². The highest BCUT2D eigenvalue weighted by atomic mass is 16.4. The smallest absolute Gasteiger partial charge is 0.317 e. The molecule has 2 rings (SSSR count). The third kappa shape index (κ3) is 2.70. The third-order valence-electron chi connectivity index (χ3n) is 4.14. The fraction of sp³-hybridized carbons (Fsp3) is 0.500. The fourth-order valence-corrected chi connectivity index (χ4v) is 2.82. The van der Waals surface area contributed by atoms with Crippen LogP contribution in [-0.4, -0.2) is 16.9 Å². The van der Waals surface area contributed by atoms with E-state index in [1.807, 2.05) is 24.3 Å². The van der Waals surface area contributed by atoms with Crippen molar-refractivity contribution in [1.82, 2.24) is 0 Å². The fourth-order valence-electron chi connectivity index (χ4n) is 2.82. The molecule has 0 aromatic heterocycles. The van der Waals surface area contributed by atoms with Gasteiger partial charge in [0.2, 0.25) is 0 Å². The van der Waals surface area contributed by atoms with E-state index in [-0.39, 0.29) is 5.78 Å². The van der Waals surface area contributed by atoms with Gasteiger partial charge in [0, 0.05) is 6.42 Å². The summed E-state index contributed by atoms with van der Waals surface area (Å²) in [6.45, 7) is 2.08. The molecule has 1 aliphatic rings. The first-order valence-corrected chi connectivity index (χ1v) is 6.93. The van der Waals surface area contributed by atoms with Gasteiger partial charge in [0.1, 0.15) is 5.41 Å². The number of rotatable bonds is 4. The van der Waals surface area contributed by atoms with Crippen molar-refractivity contribution in [3.05, 3.63) is 35.4 Å². The van der Waals surface area contributed by atoms with Gasteiger partial charge in [-0.3, -0.25) is 9.59 Å². The minimum Gasteiger partial charge on any atom is -0.480 e. The second-order valence-corrected chi connectivity index (χ2v) is 5.36. The first-order valence-electron chi connectivity index (χ1n) is 6.93. The minimum absolute atomic E-state index is 0.106. The zero-order valence-electron chi connectivity index (χ0n) is 11.3. The van der Waals surface area contributed by atoms with E-state index in [4.69, 9.17) is 0 Å². The van der Waals surface area contributed by atoms with Gasteiger partial charge in [0.25, 0.3) is 0 Å². The summed E-state index contributed by atoms with van der Waals surface area (Å²) in [5.74, 6) is -1.07. The van der Waals surface area contributed by atoms with E-state index in [0.717, 1.165) is 24.8 Å². The number of hydrogen-bond donors (Lipinski definition) is 1. The van der Waals surface area contributed by atoms with Crippen LogP contribution in [0.2, 0.25) is 0 Å². The summed E-state index contributed by atoms with van der Waals surface area (Å²) in [6.07, 6.45) is 3.80. The van der Waals surface area contributed by atoms with Crippen molar-refractivity contribution in [3.63, 3.8) is 0 Å². The lowest BCUT2D eigenvalue weighted by Crippen LogP contribution is -2.43. The molecular formula is C16H20O3. The summed E-state index contributed by atoms with van der Waals surface area (Å²) in [7, 11) is 0. The maximum absolute atomic E-state index is 12.1. The molecule has 0 spiro atoms. The van der Waals surface area contributed by atoms with Crippen LogP contribution in [0.25, 0.3) is 0 Å². The molecule has 1 aliphatic carbocycles. The van der Waals surface area contributed by atoms with Gasteiger partial charge in [-0.1, -0.05) is 37.6 Å². The number of Topliss-reactive ketones (excluding diaryl/α,β-unsaturated/α-hetero) is 1. The van der Waals surface area contributed by atoms with Crippen LogP contribution in [-0.2, 0) is 22.4 Å². The minimum atomic E-state index is -1.19. The van der Waals surface area contributed by atoms with Crippen molar-refractivity contribution in [3.8, 4) is 0 Å². The van der Waals surface area contributed by atoms with Gasteiger partial charge < -0.3 is 5.11 Å². The van der Waals surface area contributed by atoms with Gasteiger partial charge in [-0.15, -0.1) is 0 Å². The Labute approximate surface area is 113 Å². The lowest BCUT2D eigenvalue weighted by atomic mass is 9.69. The van der Waals surface area contributed by atoms with Crippen molar-refractivity contribution in [1.29, 1.82) is 0 Å². The molecule has 0 aliphatic heterocycles. The van der Waals surface area contributed by atoms with Crippen molar-refractivity contribution >= 4 is 11.8 Å². The zero-order valence-corrected chi connectivity index (χ0v) is 11.3. The second-order valence-electron chi connectivity index (χ2n) is 5.36. The molecule has 0 amide bonds. The zero-order chi connectivity index (χ0) is 13.9. The predicted octanol–water partition coefficient (Wildman–Crippen LogP) is 3.01. The summed E-state index contributed by atoms with van der Waals surface area (Å²) in [5, 5.41) is 9.50. The Bertz CT molecular complexity index is 475. The van der Waals surface area contributed by atoms with Crippen LogP contribution in [0, 0.1) is 5.41 Å². The Morgan fingerprint density at radius 2 is 1.84 bits per heavy atom. The summed E-state index contributed by atoms with van der Waals surface area (Å²) in [5.41, 5.74) is 0.976. The topological polar surface area (TPSA) is 54.4 Å². The van der Waals surface area contributed by atoms with Crippen LogP contribution in [0.3, 0.4) is 0 Å². The Balaban J connectivity index is 2.25. The highest BCUT2D eigenvalue weighted by Gasteiger charge is 2.46.